The van der Waals surface area contributed by atoms with Crippen LogP contribution in [0.2, 0.25) is 0 Å². The second-order valence-electron chi connectivity index (χ2n) is 3.71. The zero-order valence-corrected chi connectivity index (χ0v) is 8.03. The van der Waals surface area contributed by atoms with E-state index in [1.165, 1.54) is 5.56 Å². The summed E-state index contributed by atoms with van der Waals surface area (Å²) < 4.78 is 0. The lowest BCUT2D eigenvalue weighted by molar-refractivity contribution is 0.260. The Morgan fingerprint density at radius 1 is 1.43 bits per heavy atom. The highest BCUT2D eigenvalue weighted by Gasteiger charge is 2.19. The lowest BCUT2D eigenvalue weighted by Gasteiger charge is -2.26. The van der Waals surface area contributed by atoms with Crippen LogP contribution in [-0.2, 0) is 13.0 Å². The maximum Gasteiger partial charge on any atom is 0.120 e. The van der Waals surface area contributed by atoms with Gasteiger partial charge in [0.25, 0.3) is 0 Å². The molecule has 0 fully saturated rings. The van der Waals surface area contributed by atoms with E-state index in [0.717, 1.165) is 18.4 Å². The third-order valence-corrected chi connectivity index (χ3v) is 2.76. The first kappa shape index (κ1) is 9.49. The Hall–Kier alpha value is -1.06. The highest BCUT2D eigenvalue weighted by molar-refractivity contribution is 5.40. The van der Waals surface area contributed by atoms with Crippen LogP contribution in [0.5, 0.6) is 5.75 Å². The van der Waals surface area contributed by atoms with Gasteiger partial charge in [-0.3, -0.25) is 0 Å². The van der Waals surface area contributed by atoms with Crippen LogP contribution in [0.1, 0.15) is 17.5 Å². The molecule has 76 valence electrons. The van der Waals surface area contributed by atoms with E-state index in [-0.39, 0.29) is 6.61 Å². The summed E-state index contributed by atoms with van der Waals surface area (Å²) in [6.45, 7) is 0.915. The van der Waals surface area contributed by atoms with Crippen molar-refractivity contribution in [3.63, 3.8) is 0 Å². The van der Waals surface area contributed by atoms with Gasteiger partial charge in [-0.25, -0.2) is 0 Å². The molecular weight excluding hydrogens is 178 g/mol. The Labute approximate surface area is 83.4 Å². The van der Waals surface area contributed by atoms with Gasteiger partial charge in [-0.2, -0.15) is 0 Å². The standard InChI is InChI=1S/C11H15NO2/c13-5-4-9-6-8-2-1-3-11(14)10(8)7-12-9/h1-3,9,12-14H,4-7H2. The summed E-state index contributed by atoms with van der Waals surface area (Å²) in [4.78, 5) is 0. The molecule has 0 radical (unpaired) electrons. The molecule has 0 saturated carbocycles. The molecule has 0 aromatic heterocycles. The third-order valence-electron chi connectivity index (χ3n) is 2.76. The van der Waals surface area contributed by atoms with E-state index in [1.807, 2.05) is 12.1 Å². The number of aromatic hydroxyl groups is 1. The molecule has 14 heavy (non-hydrogen) atoms. The molecule has 1 heterocycles. The SMILES string of the molecule is OCCC1Cc2cccc(O)c2CN1. The topological polar surface area (TPSA) is 52.5 Å². The first-order valence-corrected chi connectivity index (χ1v) is 4.95. The lowest BCUT2D eigenvalue weighted by Crippen LogP contribution is -2.36. The Balaban J connectivity index is 2.18. The largest absolute Gasteiger partial charge is 0.508 e. The number of hydrogen-bond acceptors (Lipinski definition) is 3. The normalized spacial score (nSPS) is 20.5. The number of hydrogen-bond donors (Lipinski definition) is 3. The second kappa shape index (κ2) is 3.98. The molecule has 1 unspecified atom stereocenters. The van der Waals surface area contributed by atoms with E-state index in [1.54, 1.807) is 6.07 Å². The Morgan fingerprint density at radius 2 is 2.29 bits per heavy atom. The van der Waals surface area contributed by atoms with Gasteiger partial charge in [-0.05, 0) is 24.5 Å². The number of rotatable bonds is 2. The number of fused-ring (bicyclic) bond motifs is 1. The van der Waals surface area contributed by atoms with E-state index in [2.05, 4.69) is 5.32 Å². The molecule has 0 aliphatic carbocycles. The molecule has 2 rings (SSSR count). The van der Waals surface area contributed by atoms with Crippen LogP contribution in [0.15, 0.2) is 18.2 Å². The molecule has 0 bridgehead atoms. The molecule has 3 nitrogen and oxygen atoms in total. The minimum atomic E-state index is 0.214. The van der Waals surface area contributed by atoms with Crippen molar-refractivity contribution in [2.75, 3.05) is 6.61 Å². The Kier molecular flexibility index (Phi) is 2.70. The molecule has 1 aliphatic heterocycles. The fourth-order valence-corrected chi connectivity index (χ4v) is 1.96. The predicted octanol–water partition coefficient (Wildman–Crippen LogP) is 0.789. The number of aliphatic hydroxyl groups excluding tert-OH is 1. The monoisotopic (exact) mass is 193 g/mol. The predicted molar refractivity (Wildman–Crippen MR) is 54.1 cm³/mol. The van der Waals surface area contributed by atoms with Crippen molar-refractivity contribution < 1.29 is 10.2 Å². The van der Waals surface area contributed by atoms with Crippen molar-refractivity contribution in [1.29, 1.82) is 0 Å². The van der Waals surface area contributed by atoms with Crippen LogP contribution in [0.3, 0.4) is 0 Å². The zero-order valence-electron chi connectivity index (χ0n) is 8.03. The second-order valence-corrected chi connectivity index (χ2v) is 3.71. The number of nitrogens with one attached hydrogen (secondary N) is 1. The summed E-state index contributed by atoms with van der Waals surface area (Å²) in [6.07, 6.45) is 1.67. The van der Waals surface area contributed by atoms with Crippen molar-refractivity contribution in [3.8, 4) is 5.75 Å². The highest BCUT2D eigenvalue weighted by atomic mass is 16.3. The van der Waals surface area contributed by atoms with Crippen LogP contribution in [-0.4, -0.2) is 22.9 Å². The first-order chi connectivity index (χ1) is 6.81. The smallest absolute Gasteiger partial charge is 0.120 e. The van der Waals surface area contributed by atoms with Crippen LogP contribution in [0.25, 0.3) is 0 Å². The van der Waals surface area contributed by atoms with E-state index in [9.17, 15) is 5.11 Å². The summed E-state index contributed by atoms with van der Waals surface area (Å²) in [5.74, 6) is 0.373. The minimum Gasteiger partial charge on any atom is -0.508 e. The van der Waals surface area contributed by atoms with Gasteiger partial charge in [0.1, 0.15) is 5.75 Å². The zero-order chi connectivity index (χ0) is 9.97. The first-order valence-electron chi connectivity index (χ1n) is 4.95. The summed E-state index contributed by atoms with van der Waals surface area (Å²) in [5.41, 5.74) is 2.20. The summed E-state index contributed by atoms with van der Waals surface area (Å²) >= 11 is 0. The van der Waals surface area contributed by atoms with Crippen molar-refractivity contribution in [2.45, 2.75) is 25.4 Å². The quantitative estimate of drug-likeness (QED) is 0.651. The molecule has 1 aliphatic rings. The fraction of sp³-hybridized carbons (Fsp3) is 0.455. The summed E-state index contributed by atoms with van der Waals surface area (Å²) in [7, 11) is 0. The molecule has 1 aromatic carbocycles. The number of phenolic OH excluding ortho intramolecular Hbond substituents is 1. The van der Waals surface area contributed by atoms with E-state index in [0.29, 0.717) is 18.3 Å². The number of phenols is 1. The molecule has 0 spiro atoms. The summed E-state index contributed by atoms with van der Waals surface area (Å²) in [6, 6.07) is 5.97. The third kappa shape index (κ3) is 1.74. The van der Waals surface area contributed by atoms with Gasteiger partial charge in [0, 0.05) is 24.8 Å². The van der Waals surface area contributed by atoms with Crippen molar-refractivity contribution in [2.24, 2.45) is 0 Å². The Morgan fingerprint density at radius 3 is 3.07 bits per heavy atom. The lowest BCUT2D eigenvalue weighted by atomic mass is 9.94. The molecule has 0 saturated heterocycles. The number of aliphatic hydroxyl groups is 1. The molecule has 3 heteroatoms. The molecule has 3 N–H and O–H groups in total. The molecule has 1 aromatic rings. The van der Waals surface area contributed by atoms with E-state index < -0.39 is 0 Å². The maximum atomic E-state index is 9.58. The van der Waals surface area contributed by atoms with Crippen LogP contribution in [0.4, 0.5) is 0 Å². The van der Waals surface area contributed by atoms with Crippen molar-refractivity contribution in [3.05, 3.63) is 29.3 Å². The van der Waals surface area contributed by atoms with Gasteiger partial charge in [0.05, 0.1) is 0 Å². The summed E-state index contributed by atoms with van der Waals surface area (Å²) in [5, 5.41) is 21.7. The van der Waals surface area contributed by atoms with E-state index >= 15 is 0 Å². The minimum absolute atomic E-state index is 0.214. The number of benzene rings is 1. The molecule has 0 amide bonds. The van der Waals surface area contributed by atoms with Gasteiger partial charge in [0.15, 0.2) is 0 Å². The van der Waals surface area contributed by atoms with Crippen molar-refractivity contribution >= 4 is 0 Å². The fourth-order valence-electron chi connectivity index (χ4n) is 1.96. The van der Waals surface area contributed by atoms with Crippen LogP contribution >= 0.6 is 0 Å². The van der Waals surface area contributed by atoms with Gasteiger partial charge < -0.3 is 15.5 Å². The van der Waals surface area contributed by atoms with Gasteiger partial charge in [-0.15, -0.1) is 0 Å². The molecular formula is C11H15NO2. The Bertz CT molecular complexity index is 325. The van der Waals surface area contributed by atoms with Gasteiger partial charge in [0.2, 0.25) is 0 Å². The highest BCUT2D eigenvalue weighted by Crippen LogP contribution is 2.25. The average Bonchev–Trinajstić information content (AvgIpc) is 2.18. The average molecular weight is 193 g/mol. The van der Waals surface area contributed by atoms with Gasteiger partial charge in [-0.1, -0.05) is 12.1 Å². The van der Waals surface area contributed by atoms with E-state index in [4.69, 9.17) is 5.11 Å². The van der Waals surface area contributed by atoms with Crippen molar-refractivity contribution in [1.82, 2.24) is 5.32 Å². The van der Waals surface area contributed by atoms with Crippen LogP contribution in [0, 0.1) is 0 Å². The van der Waals surface area contributed by atoms with Gasteiger partial charge >= 0.3 is 0 Å². The maximum absolute atomic E-state index is 9.58. The van der Waals surface area contributed by atoms with Crippen LogP contribution < -0.4 is 5.32 Å². The molecule has 1 atom stereocenters.